The first-order valence-electron chi connectivity index (χ1n) is 7.15. The quantitative estimate of drug-likeness (QED) is 0.826. The van der Waals surface area contributed by atoms with E-state index >= 15 is 0 Å². The summed E-state index contributed by atoms with van der Waals surface area (Å²) in [4.78, 5) is 22.3. The molecule has 0 saturated carbocycles. The summed E-state index contributed by atoms with van der Waals surface area (Å²) in [6.45, 7) is 3.26. The largest absolute Gasteiger partial charge is 0.486 e. The van der Waals surface area contributed by atoms with Crippen LogP contribution in [0.15, 0.2) is 12.1 Å². The molecule has 7 heteroatoms. The van der Waals surface area contributed by atoms with Gasteiger partial charge >= 0.3 is 0 Å². The minimum Gasteiger partial charge on any atom is -0.486 e. The second-order valence-electron chi connectivity index (χ2n) is 4.93. The van der Waals surface area contributed by atoms with Crippen LogP contribution >= 0.6 is 11.6 Å². The lowest BCUT2D eigenvalue weighted by molar-refractivity contribution is -0.121. The average Bonchev–Trinajstić information content (AvgIpc) is 2.47. The Morgan fingerprint density at radius 1 is 1.18 bits per heavy atom. The van der Waals surface area contributed by atoms with Crippen molar-refractivity contribution in [1.82, 2.24) is 10.6 Å². The zero-order valence-electron chi connectivity index (χ0n) is 12.4. The number of benzene rings is 1. The standard InChI is InChI=1S/C15H19ClN2O4/c1-10(19)17-5-3-14(20)18-4-2-11-8-12(16)15-13(9-11)21-6-7-22-15/h8-9H,2-7H2,1H3,(H,17,19)(H,18,20). The predicted octanol–water partition coefficient (Wildman–Crippen LogP) is 1.30. The van der Waals surface area contributed by atoms with Gasteiger partial charge in [-0.1, -0.05) is 11.6 Å². The first-order chi connectivity index (χ1) is 10.6. The molecule has 2 rings (SSSR count). The molecule has 0 spiro atoms. The lowest BCUT2D eigenvalue weighted by Crippen LogP contribution is -2.30. The van der Waals surface area contributed by atoms with E-state index in [-0.39, 0.29) is 18.2 Å². The number of carbonyl (C=O) groups excluding carboxylic acids is 2. The molecule has 2 N–H and O–H groups in total. The van der Waals surface area contributed by atoms with E-state index in [1.165, 1.54) is 6.92 Å². The van der Waals surface area contributed by atoms with E-state index in [0.29, 0.717) is 49.2 Å². The number of ether oxygens (including phenoxy) is 2. The van der Waals surface area contributed by atoms with Crippen LogP contribution in [-0.2, 0) is 16.0 Å². The van der Waals surface area contributed by atoms with Crippen molar-refractivity contribution in [3.63, 3.8) is 0 Å². The Labute approximate surface area is 134 Å². The molecule has 0 saturated heterocycles. The van der Waals surface area contributed by atoms with Crippen LogP contribution in [-0.4, -0.2) is 38.1 Å². The molecule has 6 nitrogen and oxygen atoms in total. The zero-order chi connectivity index (χ0) is 15.9. The van der Waals surface area contributed by atoms with Gasteiger partial charge < -0.3 is 20.1 Å². The highest BCUT2D eigenvalue weighted by Crippen LogP contribution is 2.38. The molecule has 22 heavy (non-hydrogen) atoms. The maximum atomic E-state index is 11.6. The molecule has 1 aromatic rings. The Hall–Kier alpha value is -1.95. The molecule has 0 aromatic heterocycles. The van der Waals surface area contributed by atoms with E-state index in [1.54, 1.807) is 0 Å². The fourth-order valence-electron chi connectivity index (χ4n) is 2.10. The first kappa shape index (κ1) is 16.4. The van der Waals surface area contributed by atoms with Gasteiger partial charge in [0, 0.05) is 26.4 Å². The maximum Gasteiger partial charge on any atom is 0.221 e. The van der Waals surface area contributed by atoms with Crippen molar-refractivity contribution in [3.8, 4) is 11.5 Å². The molecular weight excluding hydrogens is 308 g/mol. The third kappa shape index (κ3) is 4.80. The number of nitrogens with one attached hydrogen (secondary N) is 2. The minimum atomic E-state index is -0.140. The lowest BCUT2D eigenvalue weighted by atomic mass is 10.1. The van der Waals surface area contributed by atoms with Crippen LogP contribution in [0.3, 0.4) is 0 Å². The lowest BCUT2D eigenvalue weighted by Gasteiger charge is -2.20. The molecule has 1 aliphatic heterocycles. The van der Waals surface area contributed by atoms with Gasteiger partial charge in [0.05, 0.1) is 5.02 Å². The molecule has 1 aromatic carbocycles. The monoisotopic (exact) mass is 326 g/mol. The molecule has 2 amide bonds. The van der Waals surface area contributed by atoms with Crippen LogP contribution < -0.4 is 20.1 Å². The van der Waals surface area contributed by atoms with Crippen molar-refractivity contribution in [3.05, 3.63) is 22.7 Å². The van der Waals surface area contributed by atoms with E-state index in [4.69, 9.17) is 21.1 Å². The van der Waals surface area contributed by atoms with Crippen LogP contribution in [0.1, 0.15) is 18.9 Å². The molecule has 0 bridgehead atoms. The van der Waals surface area contributed by atoms with E-state index in [9.17, 15) is 9.59 Å². The van der Waals surface area contributed by atoms with Gasteiger partial charge in [-0.3, -0.25) is 9.59 Å². The highest BCUT2D eigenvalue weighted by Gasteiger charge is 2.16. The van der Waals surface area contributed by atoms with Gasteiger partial charge in [-0.25, -0.2) is 0 Å². The van der Waals surface area contributed by atoms with E-state index in [2.05, 4.69) is 10.6 Å². The highest BCUT2D eigenvalue weighted by molar-refractivity contribution is 6.32. The molecule has 0 unspecified atom stereocenters. The SMILES string of the molecule is CC(=O)NCCC(=O)NCCc1cc(Cl)c2c(c1)OCCO2. The third-order valence-electron chi connectivity index (χ3n) is 3.12. The number of carbonyl (C=O) groups is 2. The third-order valence-corrected chi connectivity index (χ3v) is 3.40. The zero-order valence-corrected chi connectivity index (χ0v) is 13.2. The van der Waals surface area contributed by atoms with Crippen molar-refractivity contribution in [2.24, 2.45) is 0 Å². The van der Waals surface area contributed by atoms with Gasteiger partial charge in [-0.2, -0.15) is 0 Å². The number of hydrogen-bond acceptors (Lipinski definition) is 4. The predicted molar refractivity (Wildman–Crippen MR) is 82.5 cm³/mol. The summed E-state index contributed by atoms with van der Waals surface area (Å²) in [5, 5.41) is 5.90. The van der Waals surface area contributed by atoms with Crippen molar-refractivity contribution >= 4 is 23.4 Å². The molecule has 0 aliphatic carbocycles. The van der Waals surface area contributed by atoms with Gasteiger partial charge in [-0.15, -0.1) is 0 Å². The summed E-state index contributed by atoms with van der Waals surface area (Å²) in [6, 6.07) is 3.70. The molecule has 120 valence electrons. The Kier molecular flexibility index (Phi) is 5.89. The summed E-state index contributed by atoms with van der Waals surface area (Å²) in [6.07, 6.45) is 0.906. The first-order valence-corrected chi connectivity index (χ1v) is 7.53. The second kappa shape index (κ2) is 7.89. The van der Waals surface area contributed by atoms with Crippen molar-refractivity contribution < 1.29 is 19.1 Å². The van der Waals surface area contributed by atoms with Crippen molar-refractivity contribution in [2.45, 2.75) is 19.8 Å². The van der Waals surface area contributed by atoms with E-state index < -0.39 is 0 Å². The maximum absolute atomic E-state index is 11.6. The topological polar surface area (TPSA) is 76.7 Å². The van der Waals surface area contributed by atoms with E-state index in [0.717, 1.165) is 5.56 Å². The van der Waals surface area contributed by atoms with Crippen molar-refractivity contribution in [2.75, 3.05) is 26.3 Å². The molecule has 1 heterocycles. The summed E-state index contributed by atoms with van der Waals surface area (Å²) in [5.41, 5.74) is 0.969. The van der Waals surface area contributed by atoms with Crippen LogP contribution in [0, 0.1) is 0 Å². The molecule has 0 atom stereocenters. The number of rotatable bonds is 6. The van der Waals surface area contributed by atoms with Gasteiger partial charge in [0.25, 0.3) is 0 Å². The normalized spacial score (nSPS) is 12.6. The van der Waals surface area contributed by atoms with Gasteiger partial charge in [0.15, 0.2) is 11.5 Å². The van der Waals surface area contributed by atoms with Crippen LogP contribution in [0.2, 0.25) is 5.02 Å². The summed E-state index contributed by atoms with van der Waals surface area (Å²) in [7, 11) is 0. The Balaban J connectivity index is 1.78. The Bertz CT molecular complexity index is 563. The van der Waals surface area contributed by atoms with Crippen LogP contribution in [0.5, 0.6) is 11.5 Å². The molecule has 1 aliphatic rings. The summed E-state index contributed by atoms with van der Waals surface area (Å²) < 4.78 is 11.0. The number of hydrogen-bond donors (Lipinski definition) is 2. The second-order valence-corrected chi connectivity index (χ2v) is 5.34. The van der Waals surface area contributed by atoms with Gasteiger partial charge in [0.1, 0.15) is 13.2 Å². The minimum absolute atomic E-state index is 0.0996. The Morgan fingerprint density at radius 2 is 1.95 bits per heavy atom. The fourth-order valence-corrected chi connectivity index (χ4v) is 2.38. The number of halogens is 1. The fraction of sp³-hybridized carbons (Fsp3) is 0.467. The molecular formula is C15H19ClN2O4. The summed E-state index contributed by atoms with van der Waals surface area (Å²) in [5.74, 6) is 0.984. The van der Waals surface area contributed by atoms with Crippen LogP contribution in [0.25, 0.3) is 0 Å². The van der Waals surface area contributed by atoms with E-state index in [1.807, 2.05) is 12.1 Å². The van der Waals surface area contributed by atoms with Crippen LogP contribution in [0.4, 0.5) is 0 Å². The number of fused-ring (bicyclic) bond motifs is 1. The average molecular weight is 327 g/mol. The molecule has 0 fully saturated rings. The van der Waals surface area contributed by atoms with Crippen molar-refractivity contribution in [1.29, 1.82) is 0 Å². The number of amides is 2. The van der Waals surface area contributed by atoms with Gasteiger partial charge in [0.2, 0.25) is 11.8 Å². The Morgan fingerprint density at radius 3 is 2.73 bits per heavy atom. The smallest absolute Gasteiger partial charge is 0.221 e. The molecule has 0 radical (unpaired) electrons. The highest BCUT2D eigenvalue weighted by atomic mass is 35.5. The summed E-state index contributed by atoms with van der Waals surface area (Å²) >= 11 is 6.15. The van der Waals surface area contributed by atoms with Gasteiger partial charge in [-0.05, 0) is 24.1 Å².